The van der Waals surface area contributed by atoms with Crippen molar-refractivity contribution >= 4 is 5.91 Å². The van der Waals surface area contributed by atoms with E-state index < -0.39 is 0 Å². The summed E-state index contributed by atoms with van der Waals surface area (Å²) in [5.74, 6) is -0.113. The smallest absolute Gasteiger partial charge is 0.271 e. The standard InChI is InChI=1S/C16H26N4O2/c21-16(18-9-11-22-14-5-1-2-6-14)15-7-10-20(19-15)13-4-3-8-17-12-13/h7,10,13-14,17H,1-6,8-9,11-12H2,(H,18,21). The molecule has 1 aliphatic carbocycles. The Hall–Kier alpha value is -1.40. The van der Waals surface area contributed by atoms with E-state index in [9.17, 15) is 4.79 Å². The molecule has 0 spiro atoms. The van der Waals surface area contributed by atoms with Crippen LogP contribution in [0.15, 0.2) is 12.3 Å². The molecule has 0 bridgehead atoms. The van der Waals surface area contributed by atoms with Gasteiger partial charge < -0.3 is 15.4 Å². The Morgan fingerprint density at radius 2 is 2.23 bits per heavy atom. The van der Waals surface area contributed by atoms with Crippen molar-refractivity contribution in [2.24, 2.45) is 0 Å². The van der Waals surface area contributed by atoms with Gasteiger partial charge >= 0.3 is 0 Å². The molecule has 1 aromatic rings. The minimum Gasteiger partial charge on any atom is -0.376 e. The molecule has 2 aliphatic rings. The number of carbonyl (C=O) groups is 1. The topological polar surface area (TPSA) is 68.2 Å². The molecule has 1 aliphatic heterocycles. The van der Waals surface area contributed by atoms with E-state index in [4.69, 9.17) is 4.74 Å². The van der Waals surface area contributed by atoms with E-state index in [1.54, 1.807) is 6.07 Å². The number of rotatable bonds is 6. The van der Waals surface area contributed by atoms with Crippen LogP contribution in [0.5, 0.6) is 0 Å². The highest BCUT2D eigenvalue weighted by molar-refractivity contribution is 5.92. The Balaban J connectivity index is 1.40. The van der Waals surface area contributed by atoms with E-state index in [2.05, 4.69) is 15.7 Å². The molecule has 1 atom stereocenters. The van der Waals surface area contributed by atoms with Crippen LogP contribution in [0.4, 0.5) is 0 Å². The third-order valence-corrected chi connectivity index (χ3v) is 4.53. The van der Waals surface area contributed by atoms with Gasteiger partial charge in [0.05, 0.1) is 18.8 Å². The molecule has 1 unspecified atom stereocenters. The van der Waals surface area contributed by atoms with Crippen LogP contribution in [-0.4, -0.2) is 48.0 Å². The van der Waals surface area contributed by atoms with Crippen molar-refractivity contribution in [3.05, 3.63) is 18.0 Å². The lowest BCUT2D eigenvalue weighted by molar-refractivity contribution is 0.0581. The fourth-order valence-electron chi connectivity index (χ4n) is 3.26. The lowest BCUT2D eigenvalue weighted by atomic mass is 10.1. The number of hydrogen-bond acceptors (Lipinski definition) is 4. The van der Waals surface area contributed by atoms with E-state index in [1.807, 2.05) is 10.9 Å². The summed E-state index contributed by atoms with van der Waals surface area (Å²) in [6.07, 6.45) is 9.43. The molecular formula is C16H26N4O2. The first-order valence-corrected chi connectivity index (χ1v) is 8.48. The van der Waals surface area contributed by atoms with Crippen LogP contribution in [0.3, 0.4) is 0 Å². The summed E-state index contributed by atoms with van der Waals surface area (Å²) in [7, 11) is 0. The molecule has 2 fully saturated rings. The third-order valence-electron chi connectivity index (χ3n) is 4.53. The highest BCUT2D eigenvalue weighted by Crippen LogP contribution is 2.20. The summed E-state index contributed by atoms with van der Waals surface area (Å²) < 4.78 is 7.65. The van der Waals surface area contributed by atoms with Crippen molar-refractivity contribution in [1.29, 1.82) is 0 Å². The predicted octanol–water partition coefficient (Wildman–Crippen LogP) is 1.50. The molecular weight excluding hydrogens is 280 g/mol. The monoisotopic (exact) mass is 306 g/mol. The van der Waals surface area contributed by atoms with E-state index in [0.717, 1.165) is 38.8 Å². The Labute approximate surface area is 131 Å². The number of aromatic nitrogens is 2. The fraction of sp³-hybridized carbons (Fsp3) is 0.750. The van der Waals surface area contributed by atoms with E-state index in [-0.39, 0.29) is 5.91 Å². The van der Waals surface area contributed by atoms with Gasteiger partial charge in [-0.2, -0.15) is 5.10 Å². The average Bonchev–Trinajstić information content (AvgIpc) is 3.24. The molecule has 0 aromatic carbocycles. The molecule has 6 nitrogen and oxygen atoms in total. The van der Waals surface area contributed by atoms with Crippen LogP contribution in [0.2, 0.25) is 0 Å². The molecule has 3 rings (SSSR count). The van der Waals surface area contributed by atoms with E-state index in [0.29, 0.717) is 31.0 Å². The Morgan fingerprint density at radius 3 is 3.00 bits per heavy atom. The molecule has 2 heterocycles. The molecule has 22 heavy (non-hydrogen) atoms. The molecule has 1 saturated carbocycles. The maximum absolute atomic E-state index is 12.1. The summed E-state index contributed by atoms with van der Waals surface area (Å²) in [5, 5.41) is 10.7. The molecule has 6 heteroatoms. The van der Waals surface area contributed by atoms with Gasteiger partial charge in [-0.25, -0.2) is 0 Å². The zero-order valence-corrected chi connectivity index (χ0v) is 13.1. The van der Waals surface area contributed by atoms with Gasteiger partial charge in [0.1, 0.15) is 5.69 Å². The number of piperidine rings is 1. The SMILES string of the molecule is O=C(NCCOC1CCCC1)c1ccn(C2CCCNC2)n1. The van der Waals surface area contributed by atoms with Gasteiger partial charge in [0.15, 0.2) is 0 Å². The number of carbonyl (C=O) groups excluding carboxylic acids is 1. The molecule has 0 radical (unpaired) electrons. The maximum atomic E-state index is 12.1. The summed E-state index contributed by atoms with van der Waals surface area (Å²) in [6, 6.07) is 2.16. The van der Waals surface area contributed by atoms with E-state index in [1.165, 1.54) is 12.8 Å². The average molecular weight is 306 g/mol. The summed E-state index contributed by atoms with van der Waals surface area (Å²) >= 11 is 0. The first-order valence-electron chi connectivity index (χ1n) is 8.48. The highest BCUT2D eigenvalue weighted by atomic mass is 16.5. The normalized spacial score (nSPS) is 22.8. The van der Waals surface area contributed by atoms with Gasteiger partial charge in [0, 0.05) is 19.3 Å². The van der Waals surface area contributed by atoms with Gasteiger partial charge in [0.2, 0.25) is 0 Å². The van der Waals surface area contributed by atoms with Crippen molar-refractivity contribution in [2.45, 2.75) is 50.7 Å². The zero-order valence-electron chi connectivity index (χ0n) is 13.1. The van der Waals surface area contributed by atoms with Gasteiger partial charge in [-0.05, 0) is 38.3 Å². The summed E-state index contributed by atoms with van der Waals surface area (Å²) in [5.41, 5.74) is 0.492. The van der Waals surface area contributed by atoms with Crippen molar-refractivity contribution in [2.75, 3.05) is 26.2 Å². The number of nitrogens with one attached hydrogen (secondary N) is 2. The Morgan fingerprint density at radius 1 is 1.36 bits per heavy atom. The van der Waals surface area contributed by atoms with Crippen molar-refractivity contribution < 1.29 is 9.53 Å². The maximum Gasteiger partial charge on any atom is 0.271 e. The van der Waals surface area contributed by atoms with Crippen molar-refractivity contribution in [1.82, 2.24) is 20.4 Å². The second-order valence-electron chi connectivity index (χ2n) is 6.21. The fourth-order valence-corrected chi connectivity index (χ4v) is 3.26. The first-order chi connectivity index (χ1) is 10.8. The number of ether oxygens (including phenoxy) is 1. The Bertz CT molecular complexity index is 476. The van der Waals surface area contributed by atoms with Gasteiger partial charge in [-0.3, -0.25) is 9.48 Å². The second kappa shape index (κ2) is 7.74. The van der Waals surface area contributed by atoms with Gasteiger partial charge in [0.25, 0.3) is 5.91 Å². The minimum absolute atomic E-state index is 0.113. The van der Waals surface area contributed by atoms with Crippen LogP contribution in [0, 0.1) is 0 Å². The van der Waals surface area contributed by atoms with Crippen LogP contribution < -0.4 is 10.6 Å². The van der Waals surface area contributed by atoms with Gasteiger partial charge in [-0.1, -0.05) is 12.8 Å². The van der Waals surface area contributed by atoms with Crippen LogP contribution >= 0.6 is 0 Å². The minimum atomic E-state index is -0.113. The first kappa shape index (κ1) is 15.5. The number of hydrogen-bond donors (Lipinski definition) is 2. The molecule has 2 N–H and O–H groups in total. The summed E-state index contributed by atoms with van der Waals surface area (Å²) in [4.78, 5) is 12.1. The lowest BCUT2D eigenvalue weighted by Gasteiger charge is -2.22. The lowest BCUT2D eigenvalue weighted by Crippen LogP contribution is -2.32. The third kappa shape index (κ3) is 4.08. The van der Waals surface area contributed by atoms with Crippen LogP contribution in [0.1, 0.15) is 55.1 Å². The van der Waals surface area contributed by atoms with Crippen LogP contribution in [-0.2, 0) is 4.74 Å². The molecule has 122 valence electrons. The van der Waals surface area contributed by atoms with E-state index >= 15 is 0 Å². The van der Waals surface area contributed by atoms with Crippen molar-refractivity contribution in [3.63, 3.8) is 0 Å². The van der Waals surface area contributed by atoms with Gasteiger partial charge in [-0.15, -0.1) is 0 Å². The highest BCUT2D eigenvalue weighted by Gasteiger charge is 2.18. The molecule has 1 amide bonds. The Kier molecular flexibility index (Phi) is 5.45. The predicted molar refractivity (Wildman–Crippen MR) is 83.9 cm³/mol. The van der Waals surface area contributed by atoms with Crippen LogP contribution in [0.25, 0.3) is 0 Å². The quantitative estimate of drug-likeness (QED) is 0.782. The molecule has 1 aromatic heterocycles. The number of amides is 1. The zero-order chi connectivity index (χ0) is 15.2. The second-order valence-corrected chi connectivity index (χ2v) is 6.21. The molecule has 1 saturated heterocycles. The largest absolute Gasteiger partial charge is 0.376 e. The summed E-state index contributed by atoms with van der Waals surface area (Å²) in [6.45, 7) is 3.14. The van der Waals surface area contributed by atoms with Crippen molar-refractivity contribution in [3.8, 4) is 0 Å². The number of nitrogens with zero attached hydrogens (tertiary/aromatic N) is 2.